The van der Waals surface area contributed by atoms with E-state index in [1.54, 1.807) is 12.1 Å². The van der Waals surface area contributed by atoms with Crippen molar-refractivity contribution in [3.05, 3.63) is 0 Å². The molecule has 54 valence electrons. The predicted octanol–water partition coefficient (Wildman–Crippen LogP) is -0.239. The van der Waals surface area contributed by atoms with E-state index < -0.39 is 11.8 Å². The van der Waals surface area contributed by atoms with Crippen molar-refractivity contribution in [1.82, 2.24) is 5.32 Å². The van der Waals surface area contributed by atoms with Gasteiger partial charge in [-0.1, -0.05) is 0 Å². The van der Waals surface area contributed by atoms with E-state index in [1.165, 1.54) is 0 Å². The molecule has 4 heteroatoms. The molecular formula is C7H6N4. The normalized spacial score (nSPS) is 22.9. The Kier molecular flexibility index (Phi) is 2.06. The number of nitriles is 3. The molecular weight excluding hydrogens is 140 g/mol. The van der Waals surface area contributed by atoms with Crippen LogP contribution in [-0.2, 0) is 0 Å². The number of hydrogen-bond acceptors (Lipinski definition) is 4. The third kappa shape index (κ3) is 1.46. The first-order valence-corrected chi connectivity index (χ1v) is 3.25. The van der Waals surface area contributed by atoms with E-state index >= 15 is 0 Å². The van der Waals surface area contributed by atoms with Crippen LogP contribution in [-0.4, -0.2) is 12.6 Å². The second-order valence-electron chi connectivity index (χ2n) is 2.41. The minimum absolute atomic E-state index is 0.0595. The van der Waals surface area contributed by atoms with Gasteiger partial charge in [0.05, 0.1) is 24.1 Å². The molecule has 0 spiro atoms. The van der Waals surface area contributed by atoms with Crippen LogP contribution < -0.4 is 5.32 Å². The Hall–Kier alpha value is -1.57. The summed E-state index contributed by atoms with van der Waals surface area (Å²) in [6.07, 6.45) is 0. The Labute approximate surface area is 64.7 Å². The molecule has 4 nitrogen and oxygen atoms in total. The predicted molar refractivity (Wildman–Crippen MR) is 35.6 cm³/mol. The van der Waals surface area contributed by atoms with Gasteiger partial charge in [-0.05, 0) is 0 Å². The average Bonchev–Trinajstić information content (AvgIpc) is 2.82. The molecule has 0 saturated carbocycles. The van der Waals surface area contributed by atoms with Crippen LogP contribution in [0.1, 0.15) is 0 Å². The fraction of sp³-hybridized carbons (Fsp3) is 0.571. The van der Waals surface area contributed by atoms with Crippen LogP contribution in [0.25, 0.3) is 0 Å². The van der Waals surface area contributed by atoms with E-state index in [0.29, 0.717) is 0 Å². The van der Waals surface area contributed by atoms with E-state index in [1.807, 2.05) is 6.07 Å². The lowest BCUT2D eigenvalue weighted by Gasteiger charge is -2.03. The first-order valence-electron chi connectivity index (χ1n) is 3.25. The highest BCUT2D eigenvalue weighted by Gasteiger charge is 2.36. The molecule has 0 aromatic rings. The fourth-order valence-electron chi connectivity index (χ4n) is 0.908. The monoisotopic (exact) mass is 146 g/mol. The molecule has 11 heavy (non-hydrogen) atoms. The van der Waals surface area contributed by atoms with Crippen molar-refractivity contribution < 1.29 is 0 Å². The Balaban J connectivity index is 2.63. The molecule has 1 fully saturated rings. The van der Waals surface area contributed by atoms with Crippen molar-refractivity contribution in [3.8, 4) is 18.2 Å². The second-order valence-corrected chi connectivity index (χ2v) is 2.41. The molecule has 1 aliphatic heterocycles. The van der Waals surface area contributed by atoms with Crippen molar-refractivity contribution in [1.29, 1.82) is 15.8 Å². The molecule has 0 bridgehead atoms. The van der Waals surface area contributed by atoms with Gasteiger partial charge in [-0.15, -0.1) is 0 Å². The molecule has 0 aliphatic carbocycles. The number of nitrogens with one attached hydrogen (secondary N) is 1. The van der Waals surface area contributed by atoms with Gasteiger partial charge in [0.1, 0.15) is 0 Å². The van der Waals surface area contributed by atoms with Gasteiger partial charge in [0.25, 0.3) is 0 Å². The quantitative estimate of drug-likeness (QED) is 0.544. The maximum atomic E-state index is 8.58. The van der Waals surface area contributed by atoms with Crippen molar-refractivity contribution in [2.45, 2.75) is 6.04 Å². The molecule has 1 aliphatic rings. The highest BCUT2D eigenvalue weighted by atomic mass is 15.1. The van der Waals surface area contributed by atoms with Gasteiger partial charge < -0.3 is 5.32 Å². The average molecular weight is 146 g/mol. The van der Waals surface area contributed by atoms with Crippen LogP contribution in [0.2, 0.25) is 0 Å². The van der Waals surface area contributed by atoms with E-state index in [9.17, 15) is 0 Å². The maximum absolute atomic E-state index is 8.58. The molecule has 2 unspecified atom stereocenters. The number of nitrogens with zero attached hydrogens (tertiary/aromatic N) is 3. The van der Waals surface area contributed by atoms with Crippen LogP contribution in [0.3, 0.4) is 0 Å². The zero-order valence-corrected chi connectivity index (χ0v) is 5.78. The summed E-state index contributed by atoms with van der Waals surface area (Å²) in [6.45, 7) is 0.748. The molecule has 1 saturated heterocycles. The van der Waals surface area contributed by atoms with Crippen molar-refractivity contribution in [2.24, 2.45) is 11.8 Å². The Morgan fingerprint density at radius 3 is 2.00 bits per heavy atom. The summed E-state index contributed by atoms with van der Waals surface area (Å²) in [7, 11) is 0. The summed E-state index contributed by atoms with van der Waals surface area (Å²) in [5, 5.41) is 28.4. The van der Waals surface area contributed by atoms with E-state index in [4.69, 9.17) is 15.8 Å². The van der Waals surface area contributed by atoms with Gasteiger partial charge in [0, 0.05) is 12.6 Å². The topological polar surface area (TPSA) is 93.3 Å². The third-order valence-corrected chi connectivity index (χ3v) is 1.66. The maximum Gasteiger partial charge on any atom is 0.150 e. The van der Waals surface area contributed by atoms with Crippen LogP contribution in [0.15, 0.2) is 0 Å². The summed E-state index contributed by atoms with van der Waals surface area (Å²) >= 11 is 0. The van der Waals surface area contributed by atoms with Gasteiger partial charge in [0.2, 0.25) is 0 Å². The summed E-state index contributed by atoms with van der Waals surface area (Å²) < 4.78 is 0. The van der Waals surface area contributed by atoms with Gasteiger partial charge >= 0.3 is 0 Å². The third-order valence-electron chi connectivity index (χ3n) is 1.66. The molecule has 0 radical (unpaired) electrons. The first-order chi connectivity index (χ1) is 5.33. The molecule has 2 atom stereocenters. The summed E-state index contributed by atoms with van der Waals surface area (Å²) in [5.41, 5.74) is 0. The van der Waals surface area contributed by atoms with E-state index in [2.05, 4.69) is 5.32 Å². The molecule has 0 aromatic heterocycles. The number of rotatable bonds is 2. The van der Waals surface area contributed by atoms with Gasteiger partial charge in [-0.2, -0.15) is 15.8 Å². The van der Waals surface area contributed by atoms with Crippen LogP contribution in [0.5, 0.6) is 0 Å². The van der Waals surface area contributed by atoms with Gasteiger partial charge in [0.15, 0.2) is 5.92 Å². The molecule has 1 rings (SSSR count). The first kappa shape index (κ1) is 7.54. The summed E-state index contributed by atoms with van der Waals surface area (Å²) in [4.78, 5) is 0. The largest absolute Gasteiger partial charge is 0.310 e. The lowest BCUT2D eigenvalue weighted by Crippen LogP contribution is -2.17. The van der Waals surface area contributed by atoms with Crippen molar-refractivity contribution >= 4 is 0 Å². The van der Waals surface area contributed by atoms with E-state index in [0.717, 1.165) is 6.54 Å². The minimum atomic E-state index is -0.792. The summed E-state index contributed by atoms with van der Waals surface area (Å²) in [5.74, 6) is -1.26. The number of hydrogen-bond donors (Lipinski definition) is 1. The lowest BCUT2D eigenvalue weighted by molar-refractivity contribution is 0.575. The zero-order valence-electron chi connectivity index (χ0n) is 5.78. The van der Waals surface area contributed by atoms with Crippen molar-refractivity contribution in [3.63, 3.8) is 0 Å². The van der Waals surface area contributed by atoms with Crippen LogP contribution >= 0.6 is 0 Å². The lowest BCUT2D eigenvalue weighted by atomic mass is 9.93. The Morgan fingerprint density at radius 2 is 1.73 bits per heavy atom. The molecule has 0 amide bonds. The SMILES string of the molecule is N#CC(C#N)C(C#N)C1CN1. The minimum Gasteiger partial charge on any atom is -0.310 e. The summed E-state index contributed by atoms with van der Waals surface area (Å²) in [6, 6.07) is 5.62. The molecule has 1 N–H and O–H groups in total. The van der Waals surface area contributed by atoms with Gasteiger partial charge in [-0.3, -0.25) is 0 Å². The zero-order chi connectivity index (χ0) is 8.27. The highest BCUT2D eigenvalue weighted by Crippen LogP contribution is 2.19. The smallest absolute Gasteiger partial charge is 0.150 e. The molecule has 0 aromatic carbocycles. The second kappa shape index (κ2) is 3.01. The Bertz CT molecular complexity index is 246. The molecule has 1 heterocycles. The van der Waals surface area contributed by atoms with Gasteiger partial charge in [-0.25, -0.2) is 0 Å². The highest BCUT2D eigenvalue weighted by molar-refractivity contribution is 5.15. The Morgan fingerprint density at radius 1 is 1.18 bits per heavy atom. The van der Waals surface area contributed by atoms with E-state index in [-0.39, 0.29) is 6.04 Å². The van der Waals surface area contributed by atoms with Crippen molar-refractivity contribution in [2.75, 3.05) is 6.54 Å². The standard InChI is InChI=1S/C7H6N4/c8-1-5(2-9)6(3-10)7-4-11-7/h5-7,11H,4H2. The van der Waals surface area contributed by atoms with Crippen LogP contribution in [0, 0.1) is 45.8 Å². The van der Waals surface area contributed by atoms with Crippen LogP contribution in [0.4, 0.5) is 0 Å². The fourth-order valence-corrected chi connectivity index (χ4v) is 0.908.